The smallest absolute Gasteiger partial charge is 0.346 e. The van der Waals surface area contributed by atoms with Gasteiger partial charge in [0, 0.05) is 0 Å². The van der Waals surface area contributed by atoms with E-state index in [9.17, 15) is 9.36 Å². The van der Waals surface area contributed by atoms with Crippen molar-refractivity contribution in [3.05, 3.63) is 0 Å². The normalized spacial score (nSPS) is 30.2. The number of amides is 1. The van der Waals surface area contributed by atoms with Gasteiger partial charge in [-0.1, -0.05) is 6.92 Å². The summed E-state index contributed by atoms with van der Waals surface area (Å²) in [7, 11) is -3.40. The van der Waals surface area contributed by atoms with Gasteiger partial charge in [-0.2, -0.15) is 0 Å². The lowest BCUT2D eigenvalue weighted by Gasteiger charge is -2.24. The highest BCUT2D eigenvalue weighted by Gasteiger charge is 2.70. The Bertz CT molecular complexity index is 296. The molecule has 0 spiro atoms. The fraction of sp³-hybridized carbons (Fsp3) is 0.889. The molecule has 88 valence electrons. The fourth-order valence-electron chi connectivity index (χ4n) is 1.88. The zero-order chi connectivity index (χ0) is 11.7. The van der Waals surface area contributed by atoms with E-state index in [4.69, 9.17) is 14.8 Å². The minimum absolute atomic E-state index is 0.0288. The highest BCUT2D eigenvalue weighted by molar-refractivity contribution is 7.57. The van der Waals surface area contributed by atoms with Gasteiger partial charge in [0.15, 0.2) is 5.16 Å². The molecule has 0 aromatic heterocycles. The van der Waals surface area contributed by atoms with Crippen LogP contribution in [0.5, 0.6) is 0 Å². The van der Waals surface area contributed by atoms with Gasteiger partial charge in [-0.15, -0.1) is 0 Å². The summed E-state index contributed by atoms with van der Waals surface area (Å²) in [5.74, 6) is -0.612. The first-order valence-electron chi connectivity index (χ1n) is 5.13. The SMILES string of the molecule is CCOP(=O)(OCC)[C@@]1(C(N)=O)C[C@H]1C. The minimum atomic E-state index is -3.40. The third-order valence-corrected chi connectivity index (χ3v) is 5.80. The summed E-state index contributed by atoms with van der Waals surface area (Å²) in [5.41, 5.74) is 5.30. The first kappa shape index (κ1) is 12.7. The van der Waals surface area contributed by atoms with E-state index in [2.05, 4.69) is 0 Å². The second kappa shape index (κ2) is 4.24. The number of primary amides is 1. The van der Waals surface area contributed by atoms with E-state index in [1.807, 2.05) is 6.92 Å². The first-order valence-corrected chi connectivity index (χ1v) is 6.68. The maximum atomic E-state index is 12.4. The number of carbonyl (C=O) groups is 1. The van der Waals surface area contributed by atoms with Crippen LogP contribution in [0.4, 0.5) is 0 Å². The number of hydrogen-bond donors (Lipinski definition) is 1. The van der Waals surface area contributed by atoms with E-state index in [-0.39, 0.29) is 19.1 Å². The lowest BCUT2D eigenvalue weighted by molar-refractivity contribution is -0.119. The molecule has 1 rings (SSSR count). The maximum Gasteiger partial charge on any atom is 0.346 e. The van der Waals surface area contributed by atoms with E-state index in [0.717, 1.165) is 0 Å². The Balaban J connectivity index is 2.98. The first-order chi connectivity index (χ1) is 6.94. The summed E-state index contributed by atoms with van der Waals surface area (Å²) >= 11 is 0. The van der Waals surface area contributed by atoms with Crippen molar-refractivity contribution in [1.82, 2.24) is 0 Å². The summed E-state index contributed by atoms with van der Waals surface area (Å²) in [4.78, 5) is 11.4. The molecule has 0 aliphatic heterocycles. The molecule has 2 N–H and O–H groups in total. The Morgan fingerprint density at radius 2 is 1.87 bits per heavy atom. The van der Waals surface area contributed by atoms with E-state index < -0.39 is 18.7 Å². The van der Waals surface area contributed by atoms with Gasteiger partial charge in [0.25, 0.3) is 0 Å². The van der Waals surface area contributed by atoms with Crippen LogP contribution in [0.1, 0.15) is 27.2 Å². The number of rotatable bonds is 6. The average molecular weight is 235 g/mol. The number of nitrogens with two attached hydrogens (primary N) is 1. The van der Waals surface area contributed by atoms with Crippen LogP contribution in [-0.2, 0) is 18.4 Å². The van der Waals surface area contributed by atoms with E-state index in [0.29, 0.717) is 6.42 Å². The highest BCUT2D eigenvalue weighted by atomic mass is 31.2. The molecule has 0 aromatic rings. The van der Waals surface area contributed by atoms with Gasteiger partial charge in [0.2, 0.25) is 5.91 Å². The van der Waals surface area contributed by atoms with Gasteiger partial charge in [0.1, 0.15) is 0 Å². The average Bonchev–Trinajstić information content (AvgIpc) is 2.80. The standard InChI is InChI=1S/C9H18NO4P/c1-4-13-15(12,14-5-2)9(8(10)11)6-7(9)3/h7H,4-6H2,1-3H3,(H2,10,11)/t7-,9+/m1/s1. The van der Waals surface area contributed by atoms with E-state index in [1.165, 1.54) is 0 Å². The van der Waals surface area contributed by atoms with Gasteiger partial charge < -0.3 is 14.8 Å². The molecular weight excluding hydrogens is 217 g/mol. The summed E-state index contributed by atoms with van der Waals surface area (Å²) in [5, 5.41) is -1.08. The fourth-order valence-corrected chi connectivity index (χ4v) is 4.40. The monoisotopic (exact) mass is 235 g/mol. The van der Waals surface area contributed by atoms with Crippen LogP contribution in [0, 0.1) is 5.92 Å². The molecule has 0 radical (unpaired) electrons. The molecule has 1 saturated carbocycles. The molecular formula is C9H18NO4P. The zero-order valence-electron chi connectivity index (χ0n) is 9.36. The second-order valence-corrected chi connectivity index (χ2v) is 6.04. The van der Waals surface area contributed by atoms with Gasteiger partial charge in [-0.25, -0.2) is 0 Å². The van der Waals surface area contributed by atoms with Crippen molar-refractivity contribution in [3.8, 4) is 0 Å². The molecule has 0 bridgehead atoms. The third kappa shape index (κ3) is 1.84. The van der Waals surface area contributed by atoms with Crippen molar-refractivity contribution in [2.75, 3.05) is 13.2 Å². The van der Waals surface area contributed by atoms with Crippen LogP contribution >= 0.6 is 7.60 Å². The van der Waals surface area contributed by atoms with Crippen LogP contribution in [0.25, 0.3) is 0 Å². The second-order valence-electron chi connectivity index (χ2n) is 3.73. The molecule has 2 atom stereocenters. The predicted octanol–water partition coefficient (Wildman–Crippen LogP) is 1.52. The van der Waals surface area contributed by atoms with E-state index >= 15 is 0 Å². The van der Waals surface area contributed by atoms with Crippen molar-refractivity contribution in [2.24, 2.45) is 11.7 Å². The molecule has 5 nitrogen and oxygen atoms in total. The molecule has 1 aliphatic carbocycles. The Kier molecular flexibility index (Phi) is 3.59. The van der Waals surface area contributed by atoms with Crippen LogP contribution < -0.4 is 5.73 Å². The number of hydrogen-bond acceptors (Lipinski definition) is 4. The lowest BCUT2D eigenvalue weighted by atomic mass is 10.3. The van der Waals surface area contributed by atoms with Crippen molar-refractivity contribution in [2.45, 2.75) is 32.3 Å². The Hall–Kier alpha value is -0.380. The summed E-state index contributed by atoms with van der Waals surface area (Å²) in [6.07, 6.45) is 0.486. The Labute approximate surface area is 89.8 Å². The lowest BCUT2D eigenvalue weighted by Crippen LogP contribution is -2.33. The molecule has 0 heterocycles. The van der Waals surface area contributed by atoms with Crippen LogP contribution in [0.2, 0.25) is 0 Å². The van der Waals surface area contributed by atoms with Crippen molar-refractivity contribution in [3.63, 3.8) is 0 Å². The summed E-state index contributed by atoms with van der Waals surface area (Å²) in [6, 6.07) is 0. The Morgan fingerprint density at radius 1 is 1.47 bits per heavy atom. The molecule has 1 amide bonds. The van der Waals surface area contributed by atoms with Gasteiger partial charge in [-0.3, -0.25) is 9.36 Å². The molecule has 0 saturated heterocycles. The quantitative estimate of drug-likeness (QED) is 0.708. The van der Waals surface area contributed by atoms with Crippen LogP contribution in [0.15, 0.2) is 0 Å². The largest absolute Gasteiger partial charge is 0.369 e. The molecule has 15 heavy (non-hydrogen) atoms. The van der Waals surface area contributed by atoms with Crippen molar-refractivity contribution in [1.29, 1.82) is 0 Å². The molecule has 0 aromatic carbocycles. The Morgan fingerprint density at radius 3 is 2.07 bits per heavy atom. The third-order valence-electron chi connectivity index (χ3n) is 2.79. The predicted molar refractivity (Wildman–Crippen MR) is 56.6 cm³/mol. The maximum absolute atomic E-state index is 12.4. The van der Waals surface area contributed by atoms with Gasteiger partial charge in [-0.05, 0) is 26.2 Å². The van der Waals surface area contributed by atoms with Gasteiger partial charge >= 0.3 is 7.60 Å². The summed E-state index contributed by atoms with van der Waals surface area (Å²) in [6.45, 7) is 5.76. The van der Waals surface area contributed by atoms with Gasteiger partial charge in [0.05, 0.1) is 13.2 Å². The van der Waals surface area contributed by atoms with E-state index in [1.54, 1.807) is 13.8 Å². The number of carbonyl (C=O) groups excluding carboxylic acids is 1. The molecule has 1 aliphatic rings. The zero-order valence-corrected chi connectivity index (χ0v) is 10.3. The van der Waals surface area contributed by atoms with Crippen molar-refractivity contribution >= 4 is 13.5 Å². The van der Waals surface area contributed by atoms with Crippen molar-refractivity contribution < 1.29 is 18.4 Å². The highest BCUT2D eigenvalue weighted by Crippen LogP contribution is 2.73. The molecule has 1 fully saturated rings. The minimum Gasteiger partial charge on any atom is -0.369 e. The van der Waals surface area contributed by atoms with Crippen LogP contribution in [-0.4, -0.2) is 24.3 Å². The van der Waals surface area contributed by atoms with Crippen LogP contribution in [0.3, 0.4) is 0 Å². The topological polar surface area (TPSA) is 78.6 Å². The molecule has 6 heteroatoms. The summed E-state index contributed by atoms with van der Waals surface area (Å²) < 4.78 is 22.7. The molecule has 0 unspecified atom stereocenters.